The average molecular weight is 168 g/mol. The summed E-state index contributed by atoms with van der Waals surface area (Å²) < 4.78 is 12.0. The van der Waals surface area contributed by atoms with Gasteiger partial charge in [0, 0.05) is 4.91 Å². The summed E-state index contributed by atoms with van der Waals surface area (Å²) in [5.74, 6) is 0.211. The first-order chi connectivity index (χ1) is 5.76. The molecule has 0 aliphatic rings. The lowest BCUT2D eigenvalue weighted by atomic mass is 10.6. The van der Waals surface area contributed by atoms with Gasteiger partial charge in [0.2, 0.25) is 5.95 Å². The molecule has 0 aliphatic heterocycles. The quantitative estimate of drug-likeness (QED) is 0.381. The summed E-state index contributed by atoms with van der Waals surface area (Å²) in [7, 11) is 0. The van der Waals surface area contributed by atoms with E-state index in [1.54, 1.807) is 6.92 Å². The van der Waals surface area contributed by atoms with Crippen molar-refractivity contribution >= 4 is 5.95 Å². The third kappa shape index (κ3) is 1.86. The van der Waals surface area contributed by atoms with Crippen molar-refractivity contribution < 1.29 is 4.39 Å². The van der Waals surface area contributed by atoms with Gasteiger partial charge in [0.05, 0.1) is 0 Å². The molecule has 0 aromatic carbocycles. The second kappa shape index (κ2) is 3.59. The number of aryl methyl sites for hydroxylation is 1. The SMILES string of the molecule is Cc1nc(CF)nc(N=[N+]=[N-])n1. The lowest BCUT2D eigenvalue weighted by molar-refractivity contribution is 0.463. The lowest BCUT2D eigenvalue weighted by Crippen LogP contribution is -1.97. The molecule has 0 bridgehead atoms. The zero-order valence-corrected chi connectivity index (χ0v) is 6.27. The van der Waals surface area contributed by atoms with Crippen LogP contribution in [0.1, 0.15) is 11.6 Å². The van der Waals surface area contributed by atoms with Gasteiger partial charge < -0.3 is 0 Å². The van der Waals surface area contributed by atoms with E-state index < -0.39 is 6.67 Å². The van der Waals surface area contributed by atoms with Crippen LogP contribution in [0, 0.1) is 6.92 Å². The Morgan fingerprint density at radius 3 is 2.83 bits per heavy atom. The van der Waals surface area contributed by atoms with Gasteiger partial charge in [-0.25, -0.2) is 19.3 Å². The molecule has 0 N–H and O–H groups in total. The van der Waals surface area contributed by atoms with Crippen molar-refractivity contribution in [3.63, 3.8) is 0 Å². The monoisotopic (exact) mass is 168 g/mol. The number of aromatic nitrogens is 3. The second-order valence-corrected chi connectivity index (χ2v) is 1.92. The molecule has 0 unspecified atom stereocenters. The van der Waals surface area contributed by atoms with E-state index in [0.717, 1.165) is 0 Å². The Bertz CT molecular complexity index is 331. The highest BCUT2D eigenvalue weighted by Crippen LogP contribution is 2.05. The molecule has 0 atom stereocenters. The summed E-state index contributed by atoms with van der Waals surface area (Å²) >= 11 is 0. The predicted octanol–water partition coefficient (Wildman–Crippen LogP) is 1.59. The molecule has 1 aromatic heterocycles. The van der Waals surface area contributed by atoms with Crippen molar-refractivity contribution in [1.82, 2.24) is 15.0 Å². The highest BCUT2D eigenvalue weighted by Gasteiger charge is 2.00. The Balaban J connectivity index is 3.14. The van der Waals surface area contributed by atoms with Gasteiger partial charge >= 0.3 is 0 Å². The molecule has 0 saturated heterocycles. The number of hydrogen-bond donors (Lipinski definition) is 0. The van der Waals surface area contributed by atoms with E-state index in [1.807, 2.05) is 0 Å². The number of halogens is 1. The van der Waals surface area contributed by atoms with Crippen LogP contribution in [-0.2, 0) is 6.67 Å². The molecular weight excluding hydrogens is 163 g/mol. The number of hydrogen-bond acceptors (Lipinski definition) is 4. The third-order valence-electron chi connectivity index (χ3n) is 1.04. The fourth-order valence-electron chi connectivity index (χ4n) is 0.666. The van der Waals surface area contributed by atoms with Crippen molar-refractivity contribution in [3.05, 3.63) is 22.1 Å². The molecule has 62 valence electrons. The minimum atomic E-state index is -0.794. The lowest BCUT2D eigenvalue weighted by Gasteiger charge is -1.95. The fraction of sp³-hybridized carbons (Fsp3) is 0.400. The van der Waals surface area contributed by atoms with Crippen molar-refractivity contribution in [2.75, 3.05) is 0 Å². The number of alkyl halides is 1. The van der Waals surface area contributed by atoms with Crippen molar-refractivity contribution in [1.29, 1.82) is 0 Å². The first kappa shape index (κ1) is 8.35. The van der Waals surface area contributed by atoms with E-state index in [2.05, 4.69) is 25.0 Å². The van der Waals surface area contributed by atoms with Crippen molar-refractivity contribution in [2.45, 2.75) is 13.6 Å². The summed E-state index contributed by atoms with van der Waals surface area (Å²) in [6.07, 6.45) is 0. The molecule has 6 nitrogen and oxygen atoms in total. The van der Waals surface area contributed by atoms with Crippen LogP contribution in [0.4, 0.5) is 10.3 Å². The fourth-order valence-corrected chi connectivity index (χ4v) is 0.666. The molecule has 0 fully saturated rings. The van der Waals surface area contributed by atoms with E-state index in [4.69, 9.17) is 5.53 Å². The minimum Gasteiger partial charge on any atom is -0.242 e. The zero-order chi connectivity index (χ0) is 8.97. The molecule has 1 rings (SSSR count). The highest BCUT2D eigenvalue weighted by atomic mass is 19.1. The van der Waals surface area contributed by atoms with Gasteiger partial charge in [-0.2, -0.15) is 0 Å². The van der Waals surface area contributed by atoms with Gasteiger partial charge in [-0.3, -0.25) is 0 Å². The summed E-state index contributed by atoms with van der Waals surface area (Å²) in [5, 5.41) is 3.13. The zero-order valence-electron chi connectivity index (χ0n) is 6.27. The van der Waals surface area contributed by atoms with Gasteiger partial charge in [-0.15, -0.1) is 0 Å². The van der Waals surface area contributed by atoms with Gasteiger partial charge in [-0.05, 0) is 17.6 Å². The molecule has 7 heteroatoms. The summed E-state index contributed by atoms with van der Waals surface area (Å²) in [4.78, 5) is 13.3. The maximum absolute atomic E-state index is 12.0. The van der Waals surface area contributed by atoms with Crippen molar-refractivity contribution in [3.8, 4) is 0 Å². The number of rotatable bonds is 2. The molecule has 1 aromatic rings. The largest absolute Gasteiger partial charge is 0.242 e. The second-order valence-electron chi connectivity index (χ2n) is 1.92. The van der Waals surface area contributed by atoms with E-state index in [9.17, 15) is 4.39 Å². The Morgan fingerprint density at radius 2 is 2.25 bits per heavy atom. The van der Waals surface area contributed by atoms with Gasteiger partial charge in [0.1, 0.15) is 12.5 Å². The highest BCUT2D eigenvalue weighted by molar-refractivity contribution is 5.14. The predicted molar refractivity (Wildman–Crippen MR) is 38.2 cm³/mol. The topological polar surface area (TPSA) is 87.4 Å². The maximum Gasteiger partial charge on any atom is 0.220 e. The summed E-state index contributed by atoms with van der Waals surface area (Å²) in [5.41, 5.74) is 8.04. The van der Waals surface area contributed by atoms with Crippen LogP contribution in [0.15, 0.2) is 5.11 Å². The Morgan fingerprint density at radius 1 is 1.50 bits per heavy atom. The van der Waals surface area contributed by atoms with Gasteiger partial charge in [0.15, 0.2) is 5.82 Å². The Labute approximate surface area is 67.1 Å². The van der Waals surface area contributed by atoms with Crippen LogP contribution in [0.2, 0.25) is 0 Å². The van der Waals surface area contributed by atoms with E-state index >= 15 is 0 Å². The minimum absolute atomic E-state index is 0.0232. The van der Waals surface area contributed by atoms with Crippen LogP contribution in [0.25, 0.3) is 10.4 Å². The van der Waals surface area contributed by atoms with E-state index in [0.29, 0.717) is 5.82 Å². The molecule has 0 spiro atoms. The Kier molecular flexibility index (Phi) is 2.49. The van der Waals surface area contributed by atoms with E-state index in [-0.39, 0.29) is 11.8 Å². The van der Waals surface area contributed by atoms with Crippen LogP contribution in [0.5, 0.6) is 0 Å². The Hall–Kier alpha value is -1.75. The molecular formula is C5H5FN6. The average Bonchev–Trinajstić information content (AvgIpc) is 2.04. The first-order valence-corrected chi connectivity index (χ1v) is 3.09. The molecule has 1 heterocycles. The van der Waals surface area contributed by atoms with Crippen LogP contribution in [-0.4, -0.2) is 15.0 Å². The van der Waals surface area contributed by atoms with Gasteiger partial charge in [0.25, 0.3) is 0 Å². The third-order valence-corrected chi connectivity index (χ3v) is 1.04. The summed E-state index contributed by atoms with van der Waals surface area (Å²) in [6.45, 7) is 0.772. The van der Waals surface area contributed by atoms with Gasteiger partial charge in [-0.1, -0.05) is 0 Å². The van der Waals surface area contributed by atoms with Crippen LogP contribution < -0.4 is 0 Å². The summed E-state index contributed by atoms with van der Waals surface area (Å²) in [6, 6.07) is 0. The maximum atomic E-state index is 12.0. The molecule has 0 radical (unpaired) electrons. The van der Waals surface area contributed by atoms with Crippen LogP contribution in [0.3, 0.4) is 0 Å². The van der Waals surface area contributed by atoms with E-state index in [1.165, 1.54) is 0 Å². The standard InChI is InChI=1S/C5H5FN6/c1-3-8-4(2-6)10-5(9-3)11-12-7/h2H2,1H3. The molecule has 0 amide bonds. The normalized spacial score (nSPS) is 9.17. The molecule has 0 aliphatic carbocycles. The smallest absolute Gasteiger partial charge is 0.220 e. The molecule has 0 saturated carbocycles. The first-order valence-electron chi connectivity index (χ1n) is 3.09. The number of azide groups is 1. The molecule has 12 heavy (non-hydrogen) atoms. The number of nitrogens with zero attached hydrogens (tertiary/aromatic N) is 6. The van der Waals surface area contributed by atoms with Crippen LogP contribution >= 0.6 is 0 Å². The van der Waals surface area contributed by atoms with Crippen molar-refractivity contribution in [2.24, 2.45) is 5.11 Å².